The molecule has 0 radical (unpaired) electrons. The van der Waals surface area contributed by atoms with E-state index in [1.165, 1.54) is 0 Å². The Bertz CT molecular complexity index is 386. The summed E-state index contributed by atoms with van der Waals surface area (Å²) in [7, 11) is 0. The van der Waals surface area contributed by atoms with Crippen LogP contribution in [0.25, 0.3) is 0 Å². The fourth-order valence-electron chi connectivity index (χ4n) is 1.38. The molecule has 4 nitrogen and oxygen atoms in total. The molecule has 2 N–H and O–H groups in total. The monoisotopic (exact) mass is 236 g/mol. The van der Waals surface area contributed by atoms with Crippen LogP contribution in [0.1, 0.15) is 33.3 Å². The maximum Gasteiger partial charge on any atom is 0.323 e. The third-order valence-electron chi connectivity index (χ3n) is 2.95. The topological polar surface area (TPSA) is 62.2 Å². The number of hydrogen-bond donors (Lipinski definition) is 2. The molecule has 0 aliphatic heterocycles. The minimum absolute atomic E-state index is 0.152. The molecule has 1 aromatic heterocycles. The Kier molecular flexibility index (Phi) is 3.88. The number of carboxylic acids is 1. The van der Waals surface area contributed by atoms with Gasteiger partial charge in [-0.15, -0.1) is 0 Å². The van der Waals surface area contributed by atoms with Crippen LogP contribution >= 0.6 is 0 Å². The molecule has 0 aliphatic carbocycles. The molecule has 0 bridgehead atoms. The molecular formula is C13H20N2O2. The van der Waals surface area contributed by atoms with Crippen LogP contribution in [0.15, 0.2) is 24.5 Å². The van der Waals surface area contributed by atoms with Crippen molar-refractivity contribution in [2.75, 3.05) is 6.54 Å². The van der Waals surface area contributed by atoms with E-state index in [4.69, 9.17) is 5.11 Å². The van der Waals surface area contributed by atoms with Gasteiger partial charge in [0.05, 0.1) is 0 Å². The summed E-state index contributed by atoms with van der Waals surface area (Å²) in [6, 6.07) is 3.89. The molecule has 0 atom stereocenters. The lowest BCUT2D eigenvalue weighted by Crippen LogP contribution is -2.50. The number of nitrogens with zero attached hydrogens (tertiary/aromatic N) is 1. The van der Waals surface area contributed by atoms with Gasteiger partial charge in [0.2, 0.25) is 0 Å². The third kappa shape index (κ3) is 3.53. The number of carboxylic acid groups (broad SMARTS) is 1. The number of rotatable bonds is 5. The molecule has 0 amide bonds. The van der Waals surface area contributed by atoms with Crippen molar-refractivity contribution in [1.29, 1.82) is 0 Å². The molecule has 0 unspecified atom stereocenters. The maximum absolute atomic E-state index is 11.0. The second-order valence-electron chi connectivity index (χ2n) is 5.41. The van der Waals surface area contributed by atoms with Crippen LogP contribution in [0.3, 0.4) is 0 Å². The molecule has 4 heteroatoms. The van der Waals surface area contributed by atoms with Gasteiger partial charge in [-0.25, -0.2) is 0 Å². The van der Waals surface area contributed by atoms with Crippen molar-refractivity contribution in [3.05, 3.63) is 30.1 Å². The summed E-state index contributed by atoms with van der Waals surface area (Å²) in [6.07, 6.45) is 3.55. The summed E-state index contributed by atoms with van der Waals surface area (Å²) in [6.45, 7) is 8.03. The lowest BCUT2D eigenvalue weighted by Gasteiger charge is -2.30. The quantitative estimate of drug-likeness (QED) is 0.818. The molecule has 0 fully saturated rings. The molecular weight excluding hydrogens is 216 g/mol. The SMILES string of the molecule is CC(C)(NCC(C)(C)c1cccnc1)C(=O)O. The van der Waals surface area contributed by atoms with Crippen molar-refractivity contribution in [3.8, 4) is 0 Å². The molecule has 0 aromatic carbocycles. The second kappa shape index (κ2) is 4.84. The van der Waals surface area contributed by atoms with Gasteiger partial charge in [-0.3, -0.25) is 9.78 Å². The lowest BCUT2D eigenvalue weighted by atomic mass is 9.85. The Morgan fingerprint density at radius 2 is 2.06 bits per heavy atom. The molecule has 0 saturated carbocycles. The first-order valence-electron chi connectivity index (χ1n) is 5.65. The Morgan fingerprint density at radius 3 is 2.53 bits per heavy atom. The highest BCUT2D eigenvalue weighted by atomic mass is 16.4. The lowest BCUT2D eigenvalue weighted by molar-refractivity contribution is -0.143. The first kappa shape index (κ1) is 13.6. The zero-order chi connectivity index (χ0) is 13.1. The van der Waals surface area contributed by atoms with E-state index >= 15 is 0 Å². The second-order valence-corrected chi connectivity index (χ2v) is 5.41. The first-order chi connectivity index (χ1) is 7.76. The van der Waals surface area contributed by atoms with E-state index in [-0.39, 0.29) is 5.41 Å². The Labute approximate surface area is 102 Å². The van der Waals surface area contributed by atoms with Crippen LogP contribution in [-0.4, -0.2) is 28.1 Å². The van der Waals surface area contributed by atoms with Crippen molar-refractivity contribution >= 4 is 5.97 Å². The van der Waals surface area contributed by atoms with Crippen molar-refractivity contribution in [1.82, 2.24) is 10.3 Å². The van der Waals surface area contributed by atoms with Crippen molar-refractivity contribution < 1.29 is 9.90 Å². The highest BCUT2D eigenvalue weighted by molar-refractivity contribution is 5.77. The molecule has 94 valence electrons. The van der Waals surface area contributed by atoms with Gasteiger partial charge in [0.15, 0.2) is 0 Å². The summed E-state index contributed by atoms with van der Waals surface area (Å²) in [5, 5.41) is 12.1. The highest BCUT2D eigenvalue weighted by Crippen LogP contribution is 2.22. The predicted octanol–water partition coefficient (Wildman–Crippen LogP) is 1.81. The summed E-state index contributed by atoms with van der Waals surface area (Å²) in [5.74, 6) is -0.848. The van der Waals surface area contributed by atoms with Crippen molar-refractivity contribution in [2.24, 2.45) is 0 Å². The molecule has 1 aromatic rings. The van der Waals surface area contributed by atoms with Crippen LogP contribution in [0, 0.1) is 0 Å². The zero-order valence-electron chi connectivity index (χ0n) is 10.8. The standard InChI is InChI=1S/C13H20N2O2/c1-12(2,10-6-5-7-14-8-10)9-15-13(3,4)11(16)17/h5-8,15H,9H2,1-4H3,(H,16,17). The number of pyridine rings is 1. The van der Waals surface area contributed by atoms with Gasteiger partial charge in [0, 0.05) is 24.4 Å². The third-order valence-corrected chi connectivity index (χ3v) is 2.95. The number of carbonyl (C=O) groups is 1. The van der Waals surface area contributed by atoms with Gasteiger partial charge in [0.1, 0.15) is 5.54 Å². The van der Waals surface area contributed by atoms with E-state index in [0.717, 1.165) is 5.56 Å². The van der Waals surface area contributed by atoms with Crippen LogP contribution in [0.5, 0.6) is 0 Å². The molecule has 1 heterocycles. The van der Waals surface area contributed by atoms with E-state index in [2.05, 4.69) is 24.1 Å². The maximum atomic E-state index is 11.0. The van der Waals surface area contributed by atoms with Gasteiger partial charge in [-0.05, 0) is 25.5 Å². The van der Waals surface area contributed by atoms with Crippen LogP contribution in [0.2, 0.25) is 0 Å². The average Bonchev–Trinajstić information content (AvgIpc) is 2.28. The minimum Gasteiger partial charge on any atom is -0.480 e. The molecule has 0 spiro atoms. The Morgan fingerprint density at radius 1 is 1.41 bits per heavy atom. The first-order valence-corrected chi connectivity index (χ1v) is 5.65. The summed E-state index contributed by atoms with van der Waals surface area (Å²) < 4.78 is 0. The summed E-state index contributed by atoms with van der Waals surface area (Å²) >= 11 is 0. The van der Waals surface area contributed by atoms with Gasteiger partial charge < -0.3 is 10.4 Å². The van der Waals surface area contributed by atoms with E-state index in [1.54, 1.807) is 20.0 Å². The number of nitrogens with one attached hydrogen (secondary N) is 1. The van der Waals surface area contributed by atoms with Gasteiger partial charge in [0.25, 0.3) is 0 Å². The molecule has 17 heavy (non-hydrogen) atoms. The zero-order valence-corrected chi connectivity index (χ0v) is 10.8. The van der Waals surface area contributed by atoms with Crippen molar-refractivity contribution in [3.63, 3.8) is 0 Å². The van der Waals surface area contributed by atoms with Crippen molar-refractivity contribution in [2.45, 2.75) is 38.6 Å². The van der Waals surface area contributed by atoms with Crippen LogP contribution < -0.4 is 5.32 Å². The Hall–Kier alpha value is -1.42. The molecule has 0 saturated heterocycles. The normalized spacial score (nSPS) is 12.5. The van der Waals surface area contributed by atoms with Gasteiger partial charge >= 0.3 is 5.97 Å². The number of hydrogen-bond acceptors (Lipinski definition) is 3. The van der Waals surface area contributed by atoms with Gasteiger partial charge in [-0.2, -0.15) is 0 Å². The molecule has 0 aliphatic rings. The fraction of sp³-hybridized carbons (Fsp3) is 0.538. The van der Waals surface area contributed by atoms with Gasteiger partial charge in [-0.1, -0.05) is 19.9 Å². The fourth-order valence-corrected chi connectivity index (χ4v) is 1.38. The average molecular weight is 236 g/mol. The number of aliphatic carboxylic acids is 1. The van der Waals surface area contributed by atoms with E-state index < -0.39 is 11.5 Å². The van der Waals surface area contributed by atoms with E-state index in [0.29, 0.717) is 6.54 Å². The van der Waals surface area contributed by atoms with Crippen LogP contribution in [0.4, 0.5) is 0 Å². The summed E-state index contributed by atoms with van der Waals surface area (Å²) in [5.41, 5.74) is 0.0224. The largest absolute Gasteiger partial charge is 0.480 e. The summed E-state index contributed by atoms with van der Waals surface area (Å²) in [4.78, 5) is 15.1. The number of aromatic nitrogens is 1. The minimum atomic E-state index is -0.917. The van der Waals surface area contributed by atoms with Crippen LogP contribution in [-0.2, 0) is 10.2 Å². The predicted molar refractivity (Wildman–Crippen MR) is 67.0 cm³/mol. The highest BCUT2D eigenvalue weighted by Gasteiger charge is 2.30. The van der Waals surface area contributed by atoms with E-state index in [9.17, 15) is 4.79 Å². The van der Waals surface area contributed by atoms with E-state index in [1.807, 2.05) is 18.3 Å². The smallest absolute Gasteiger partial charge is 0.323 e. The Balaban J connectivity index is 2.72. The molecule has 1 rings (SSSR count).